The summed E-state index contributed by atoms with van der Waals surface area (Å²) in [6.07, 6.45) is 0.615. The Morgan fingerprint density at radius 2 is 2.00 bits per heavy atom. The Morgan fingerprint density at radius 3 is 2.67 bits per heavy atom. The van der Waals surface area contributed by atoms with Crippen LogP contribution in [0, 0.1) is 0 Å². The number of carbonyl (C=O) groups excluding carboxylic acids is 1. The number of amides is 1. The molecule has 6 nitrogen and oxygen atoms in total. The highest BCUT2D eigenvalue weighted by molar-refractivity contribution is 9.10. The summed E-state index contributed by atoms with van der Waals surface area (Å²) in [5.41, 5.74) is 2.80. The van der Waals surface area contributed by atoms with Crippen molar-refractivity contribution < 1.29 is 19.4 Å². The molecule has 24 heavy (non-hydrogen) atoms. The number of methoxy groups -OCH3 is 1. The fraction of sp³-hybridized carbons (Fsp3) is 0.176. The monoisotopic (exact) mass is 392 g/mol. The number of para-hydroxylation sites is 1. The fourth-order valence-electron chi connectivity index (χ4n) is 1.84. The predicted octanol–water partition coefficient (Wildman–Crippen LogP) is 3.08. The minimum atomic E-state index is -0.720. The lowest BCUT2D eigenvalue weighted by Gasteiger charge is -2.12. The SMILES string of the molecule is COc1cccc(/C=N\NC(=O)[C@@H](C)Oc2ccc(Br)cc2)c1O. The van der Waals surface area contributed by atoms with Gasteiger partial charge in [-0.1, -0.05) is 22.0 Å². The van der Waals surface area contributed by atoms with Gasteiger partial charge in [0.1, 0.15) is 5.75 Å². The van der Waals surface area contributed by atoms with Crippen LogP contribution in [0.2, 0.25) is 0 Å². The minimum absolute atomic E-state index is 0.0443. The lowest BCUT2D eigenvalue weighted by molar-refractivity contribution is -0.127. The summed E-state index contributed by atoms with van der Waals surface area (Å²) in [6, 6.07) is 12.1. The molecule has 0 radical (unpaired) electrons. The van der Waals surface area contributed by atoms with E-state index in [1.807, 2.05) is 12.1 Å². The van der Waals surface area contributed by atoms with Gasteiger partial charge >= 0.3 is 0 Å². The van der Waals surface area contributed by atoms with Crippen LogP contribution in [0.1, 0.15) is 12.5 Å². The number of carbonyl (C=O) groups is 1. The number of benzene rings is 2. The number of hydrogen-bond acceptors (Lipinski definition) is 5. The molecular formula is C17H17BrN2O4. The highest BCUT2D eigenvalue weighted by Gasteiger charge is 2.14. The number of ether oxygens (including phenoxy) is 2. The number of phenolic OH excluding ortho intramolecular Hbond substituents is 1. The highest BCUT2D eigenvalue weighted by atomic mass is 79.9. The molecule has 0 spiro atoms. The first-order chi connectivity index (χ1) is 11.5. The number of phenols is 1. The Balaban J connectivity index is 1.93. The van der Waals surface area contributed by atoms with Gasteiger partial charge in [-0.05, 0) is 43.3 Å². The normalized spacial score (nSPS) is 12.0. The molecule has 1 amide bonds. The molecule has 0 aliphatic rings. The third-order valence-corrected chi connectivity index (χ3v) is 3.65. The van der Waals surface area contributed by atoms with Crippen molar-refractivity contribution in [2.45, 2.75) is 13.0 Å². The summed E-state index contributed by atoms with van der Waals surface area (Å²) in [5.74, 6) is 0.459. The van der Waals surface area contributed by atoms with E-state index in [-0.39, 0.29) is 5.75 Å². The maximum atomic E-state index is 12.0. The number of hydrazone groups is 1. The zero-order valence-corrected chi connectivity index (χ0v) is 14.8. The second-order valence-electron chi connectivity index (χ2n) is 4.85. The van der Waals surface area contributed by atoms with Crippen LogP contribution in [-0.2, 0) is 4.79 Å². The van der Waals surface area contributed by atoms with E-state index >= 15 is 0 Å². The van der Waals surface area contributed by atoms with E-state index < -0.39 is 12.0 Å². The van der Waals surface area contributed by atoms with Crippen LogP contribution in [0.4, 0.5) is 0 Å². The maximum absolute atomic E-state index is 12.0. The van der Waals surface area contributed by atoms with Gasteiger partial charge in [0.2, 0.25) is 0 Å². The molecule has 2 aromatic rings. The van der Waals surface area contributed by atoms with E-state index in [1.54, 1.807) is 37.3 Å². The predicted molar refractivity (Wildman–Crippen MR) is 94.6 cm³/mol. The Hall–Kier alpha value is -2.54. The average Bonchev–Trinajstić information content (AvgIpc) is 2.58. The molecule has 0 saturated heterocycles. The zero-order chi connectivity index (χ0) is 17.5. The number of hydrogen-bond donors (Lipinski definition) is 2. The van der Waals surface area contributed by atoms with Crippen LogP contribution in [0.25, 0.3) is 0 Å². The van der Waals surface area contributed by atoms with Crippen molar-refractivity contribution in [3.63, 3.8) is 0 Å². The van der Waals surface area contributed by atoms with E-state index in [0.717, 1.165) is 4.47 Å². The molecule has 2 N–H and O–H groups in total. The van der Waals surface area contributed by atoms with Crippen LogP contribution >= 0.6 is 15.9 Å². The molecule has 1 atom stereocenters. The summed E-state index contributed by atoms with van der Waals surface area (Å²) in [6.45, 7) is 1.62. The summed E-state index contributed by atoms with van der Waals surface area (Å²) in [7, 11) is 1.46. The molecule has 0 heterocycles. The highest BCUT2D eigenvalue weighted by Crippen LogP contribution is 2.27. The first-order valence-electron chi connectivity index (χ1n) is 7.12. The second-order valence-corrected chi connectivity index (χ2v) is 5.76. The van der Waals surface area contributed by atoms with Crippen LogP contribution < -0.4 is 14.9 Å². The molecule has 0 saturated carbocycles. The van der Waals surface area contributed by atoms with Gasteiger partial charge < -0.3 is 14.6 Å². The molecule has 0 bridgehead atoms. The van der Waals surface area contributed by atoms with Crippen molar-refractivity contribution in [3.8, 4) is 17.2 Å². The van der Waals surface area contributed by atoms with Crippen molar-refractivity contribution in [2.24, 2.45) is 5.10 Å². The Bertz CT molecular complexity index is 732. The summed E-state index contributed by atoms with van der Waals surface area (Å²) < 4.78 is 11.4. The number of halogens is 1. The minimum Gasteiger partial charge on any atom is -0.504 e. The molecule has 2 rings (SSSR count). The van der Waals surface area contributed by atoms with E-state index in [1.165, 1.54) is 13.3 Å². The van der Waals surface area contributed by atoms with E-state index in [9.17, 15) is 9.90 Å². The van der Waals surface area contributed by atoms with Crippen LogP contribution in [-0.4, -0.2) is 30.4 Å². The molecule has 126 valence electrons. The standard InChI is InChI=1S/C17H17BrN2O4/c1-11(24-14-8-6-13(18)7-9-14)17(22)20-19-10-12-4-3-5-15(23-2)16(12)21/h3-11,21H,1-2H3,(H,20,22)/b19-10-/t11-/m1/s1. The molecule has 2 aromatic carbocycles. The molecule has 0 aromatic heterocycles. The molecular weight excluding hydrogens is 376 g/mol. The number of nitrogens with one attached hydrogen (secondary N) is 1. The van der Waals surface area contributed by atoms with Gasteiger partial charge in [0.05, 0.1) is 13.3 Å². The zero-order valence-electron chi connectivity index (χ0n) is 13.2. The van der Waals surface area contributed by atoms with Crippen LogP contribution in [0.15, 0.2) is 52.0 Å². The fourth-order valence-corrected chi connectivity index (χ4v) is 2.10. The van der Waals surface area contributed by atoms with E-state index in [4.69, 9.17) is 9.47 Å². The van der Waals surface area contributed by atoms with Gasteiger partial charge in [-0.25, -0.2) is 5.43 Å². The molecule has 0 aliphatic heterocycles. The quantitative estimate of drug-likeness (QED) is 0.584. The van der Waals surface area contributed by atoms with Crippen molar-refractivity contribution in [1.29, 1.82) is 0 Å². The van der Waals surface area contributed by atoms with Crippen LogP contribution in [0.5, 0.6) is 17.2 Å². The maximum Gasteiger partial charge on any atom is 0.280 e. The Kier molecular flexibility index (Phi) is 6.20. The first-order valence-corrected chi connectivity index (χ1v) is 7.91. The van der Waals surface area contributed by atoms with Gasteiger partial charge in [0.25, 0.3) is 5.91 Å². The molecule has 0 fully saturated rings. The smallest absolute Gasteiger partial charge is 0.280 e. The van der Waals surface area contributed by atoms with Crippen molar-refractivity contribution in [2.75, 3.05) is 7.11 Å². The summed E-state index contributed by atoms with van der Waals surface area (Å²) in [5, 5.41) is 13.7. The Morgan fingerprint density at radius 1 is 1.29 bits per heavy atom. The van der Waals surface area contributed by atoms with Gasteiger partial charge in [0, 0.05) is 10.0 Å². The third-order valence-electron chi connectivity index (χ3n) is 3.12. The third kappa shape index (κ3) is 4.73. The summed E-state index contributed by atoms with van der Waals surface area (Å²) >= 11 is 3.33. The van der Waals surface area contributed by atoms with E-state index in [0.29, 0.717) is 17.1 Å². The second kappa shape index (κ2) is 8.35. The van der Waals surface area contributed by atoms with Gasteiger partial charge in [-0.3, -0.25) is 4.79 Å². The molecule has 0 unspecified atom stereocenters. The van der Waals surface area contributed by atoms with Gasteiger partial charge in [-0.2, -0.15) is 5.10 Å². The lowest BCUT2D eigenvalue weighted by atomic mass is 10.2. The van der Waals surface area contributed by atoms with Gasteiger partial charge in [0.15, 0.2) is 17.6 Å². The summed E-state index contributed by atoms with van der Waals surface area (Å²) in [4.78, 5) is 12.0. The number of aromatic hydroxyl groups is 1. The van der Waals surface area contributed by atoms with Crippen molar-refractivity contribution in [1.82, 2.24) is 5.43 Å². The topological polar surface area (TPSA) is 80.2 Å². The van der Waals surface area contributed by atoms with Crippen molar-refractivity contribution in [3.05, 3.63) is 52.5 Å². The van der Waals surface area contributed by atoms with Gasteiger partial charge in [-0.15, -0.1) is 0 Å². The van der Waals surface area contributed by atoms with E-state index in [2.05, 4.69) is 26.5 Å². The lowest BCUT2D eigenvalue weighted by Crippen LogP contribution is -2.33. The largest absolute Gasteiger partial charge is 0.504 e. The van der Waals surface area contributed by atoms with Crippen molar-refractivity contribution >= 4 is 28.1 Å². The molecule has 0 aliphatic carbocycles. The number of rotatable bonds is 6. The van der Waals surface area contributed by atoms with Crippen LogP contribution in [0.3, 0.4) is 0 Å². The first kappa shape index (κ1) is 17.8. The average molecular weight is 393 g/mol. The Labute approximate surface area is 148 Å². The molecule has 7 heteroatoms. The number of nitrogens with zero attached hydrogens (tertiary/aromatic N) is 1.